The van der Waals surface area contributed by atoms with E-state index in [2.05, 4.69) is 36.9 Å². The summed E-state index contributed by atoms with van der Waals surface area (Å²) in [4.78, 5) is 15.8. The molecule has 4 rings (SSSR count). The molecule has 0 saturated heterocycles. The molecule has 0 saturated carbocycles. The maximum atomic E-state index is 5.41. The Morgan fingerprint density at radius 3 is 3.04 bits per heavy atom. The number of halogens is 1. The van der Waals surface area contributed by atoms with Gasteiger partial charge >= 0.3 is 0 Å². The zero-order chi connectivity index (χ0) is 17.2. The van der Waals surface area contributed by atoms with Crippen molar-refractivity contribution in [3.8, 4) is 17.5 Å². The molecule has 0 atom stereocenters. The van der Waals surface area contributed by atoms with Crippen molar-refractivity contribution in [2.45, 2.75) is 19.5 Å². The van der Waals surface area contributed by atoms with Gasteiger partial charge in [-0.3, -0.25) is 4.90 Å². The number of furan rings is 1. The van der Waals surface area contributed by atoms with Crippen LogP contribution in [0.1, 0.15) is 16.8 Å². The number of methoxy groups -OCH3 is 1. The normalized spacial score (nSPS) is 14.3. The van der Waals surface area contributed by atoms with E-state index in [1.165, 1.54) is 5.56 Å². The van der Waals surface area contributed by atoms with Crippen molar-refractivity contribution < 1.29 is 9.15 Å². The van der Waals surface area contributed by atoms with Crippen molar-refractivity contribution in [3.05, 3.63) is 58.1 Å². The average molecular weight is 401 g/mol. The van der Waals surface area contributed by atoms with Gasteiger partial charge in [0.1, 0.15) is 0 Å². The highest BCUT2D eigenvalue weighted by atomic mass is 79.9. The van der Waals surface area contributed by atoms with Crippen molar-refractivity contribution in [3.63, 3.8) is 0 Å². The van der Waals surface area contributed by atoms with Crippen LogP contribution in [0.15, 0.2) is 45.7 Å². The van der Waals surface area contributed by atoms with Crippen LogP contribution in [0.2, 0.25) is 0 Å². The third kappa shape index (κ3) is 3.43. The fraction of sp³-hybridized carbons (Fsp3) is 0.278. The summed E-state index contributed by atoms with van der Waals surface area (Å²) >= 11 is 3.48. The quantitative estimate of drug-likeness (QED) is 0.667. The molecule has 0 aliphatic carbocycles. The first-order chi connectivity index (χ1) is 12.2. The van der Waals surface area contributed by atoms with E-state index in [0.717, 1.165) is 41.8 Å². The lowest BCUT2D eigenvalue weighted by molar-refractivity contribution is 0.236. The fourth-order valence-corrected chi connectivity index (χ4v) is 3.40. The molecule has 25 heavy (non-hydrogen) atoms. The van der Waals surface area contributed by atoms with Gasteiger partial charge in [-0.1, -0.05) is 0 Å². The minimum Gasteiger partial charge on any atom is -0.481 e. The number of ether oxygens (including phenoxy) is 1. The second-order valence-electron chi connectivity index (χ2n) is 5.93. The van der Waals surface area contributed by atoms with Crippen LogP contribution in [0, 0.1) is 0 Å². The summed E-state index contributed by atoms with van der Waals surface area (Å²) in [7, 11) is 1.65. The smallest absolute Gasteiger partial charge is 0.217 e. The molecule has 6 nitrogen and oxygen atoms in total. The molecule has 0 unspecified atom stereocenters. The second kappa shape index (κ2) is 6.93. The number of hydrogen-bond donors (Lipinski definition) is 0. The summed E-state index contributed by atoms with van der Waals surface area (Å²) in [6, 6.07) is 5.77. The number of aromatic nitrogens is 3. The molecule has 0 amide bonds. The molecule has 128 valence electrons. The SMILES string of the molecule is COc1ncc(Br)cc1CN1CCc2cnc(-c3ccco3)nc2C1. The largest absolute Gasteiger partial charge is 0.481 e. The van der Waals surface area contributed by atoms with Crippen molar-refractivity contribution in [1.29, 1.82) is 0 Å². The Morgan fingerprint density at radius 1 is 1.32 bits per heavy atom. The Bertz CT molecular complexity index is 883. The molecule has 0 bridgehead atoms. The maximum Gasteiger partial charge on any atom is 0.217 e. The topological polar surface area (TPSA) is 64.3 Å². The lowest BCUT2D eigenvalue weighted by Crippen LogP contribution is -2.31. The van der Waals surface area contributed by atoms with Gasteiger partial charge < -0.3 is 9.15 Å². The standard InChI is InChI=1S/C18H17BrN4O2/c1-24-18-13(7-14(19)9-21-18)10-23-5-4-12-8-20-17(22-15(12)11-23)16-3-2-6-25-16/h2-3,6-9H,4-5,10-11H2,1H3. The van der Waals surface area contributed by atoms with Gasteiger partial charge in [-0.2, -0.15) is 0 Å². The van der Waals surface area contributed by atoms with E-state index >= 15 is 0 Å². The molecule has 0 fully saturated rings. The zero-order valence-electron chi connectivity index (χ0n) is 13.8. The minimum absolute atomic E-state index is 0.632. The lowest BCUT2D eigenvalue weighted by Gasteiger charge is -2.28. The van der Waals surface area contributed by atoms with Crippen LogP contribution < -0.4 is 4.74 Å². The average Bonchev–Trinajstić information content (AvgIpc) is 3.16. The van der Waals surface area contributed by atoms with Crippen LogP contribution >= 0.6 is 15.9 Å². The number of rotatable bonds is 4. The van der Waals surface area contributed by atoms with E-state index in [9.17, 15) is 0 Å². The third-order valence-electron chi connectivity index (χ3n) is 4.25. The van der Waals surface area contributed by atoms with Gasteiger partial charge in [0.15, 0.2) is 11.6 Å². The predicted octanol–water partition coefficient (Wildman–Crippen LogP) is 3.46. The Kier molecular flexibility index (Phi) is 4.50. The molecule has 0 aromatic carbocycles. The predicted molar refractivity (Wildman–Crippen MR) is 96.0 cm³/mol. The van der Waals surface area contributed by atoms with Gasteiger partial charge in [-0.05, 0) is 46.1 Å². The fourth-order valence-electron chi connectivity index (χ4n) is 3.02. The van der Waals surface area contributed by atoms with Crippen LogP contribution in [-0.4, -0.2) is 33.5 Å². The van der Waals surface area contributed by atoms with Crippen LogP contribution in [0.25, 0.3) is 11.6 Å². The van der Waals surface area contributed by atoms with Crippen LogP contribution in [0.3, 0.4) is 0 Å². The number of pyridine rings is 1. The molecule has 0 radical (unpaired) electrons. The van der Waals surface area contributed by atoms with Crippen LogP contribution in [-0.2, 0) is 19.5 Å². The van der Waals surface area contributed by atoms with Gasteiger partial charge in [-0.15, -0.1) is 0 Å². The first kappa shape index (κ1) is 16.2. The summed E-state index contributed by atoms with van der Waals surface area (Å²) in [6.45, 7) is 2.47. The highest BCUT2D eigenvalue weighted by molar-refractivity contribution is 9.10. The monoisotopic (exact) mass is 400 g/mol. The first-order valence-corrected chi connectivity index (χ1v) is 8.81. The molecule has 3 aromatic rings. The van der Waals surface area contributed by atoms with E-state index < -0.39 is 0 Å². The van der Waals surface area contributed by atoms with E-state index in [4.69, 9.17) is 14.1 Å². The minimum atomic E-state index is 0.632. The molecule has 0 spiro atoms. The maximum absolute atomic E-state index is 5.41. The lowest BCUT2D eigenvalue weighted by atomic mass is 10.1. The van der Waals surface area contributed by atoms with E-state index in [0.29, 0.717) is 17.5 Å². The molecule has 4 heterocycles. The van der Waals surface area contributed by atoms with E-state index in [1.54, 1.807) is 19.6 Å². The number of fused-ring (bicyclic) bond motifs is 1. The van der Waals surface area contributed by atoms with Gasteiger partial charge in [0, 0.05) is 42.1 Å². The Balaban J connectivity index is 1.56. The molecular weight excluding hydrogens is 384 g/mol. The van der Waals surface area contributed by atoms with Gasteiger partial charge in [0.2, 0.25) is 5.88 Å². The second-order valence-corrected chi connectivity index (χ2v) is 6.84. The molecule has 1 aliphatic rings. The van der Waals surface area contributed by atoms with Crippen molar-refractivity contribution >= 4 is 15.9 Å². The number of hydrogen-bond acceptors (Lipinski definition) is 6. The highest BCUT2D eigenvalue weighted by Crippen LogP contribution is 2.25. The molecule has 7 heteroatoms. The summed E-state index contributed by atoms with van der Waals surface area (Å²) in [5.41, 5.74) is 3.31. The highest BCUT2D eigenvalue weighted by Gasteiger charge is 2.21. The summed E-state index contributed by atoms with van der Waals surface area (Å²) in [5.74, 6) is 1.98. The summed E-state index contributed by atoms with van der Waals surface area (Å²) < 4.78 is 11.7. The molecule has 1 aliphatic heterocycles. The Labute approximate surface area is 154 Å². The first-order valence-electron chi connectivity index (χ1n) is 8.02. The Morgan fingerprint density at radius 2 is 2.24 bits per heavy atom. The van der Waals surface area contributed by atoms with Gasteiger partial charge in [0.25, 0.3) is 0 Å². The van der Waals surface area contributed by atoms with E-state index in [1.807, 2.05) is 18.3 Å². The zero-order valence-corrected chi connectivity index (χ0v) is 15.4. The van der Waals surface area contributed by atoms with Crippen molar-refractivity contribution in [2.75, 3.05) is 13.7 Å². The molecular formula is C18H17BrN4O2. The van der Waals surface area contributed by atoms with Gasteiger partial charge in [0.05, 0.1) is 19.1 Å². The molecule has 0 N–H and O–H groups in total. The summed E-state index contributed by atoms with van der Waals surface area (Å²) in [6.07, 6.45) is 6.23. The molecule has 3 aromatic heterocycles. The van der Waals surface area contributed by atoms with Crippen molar-refractivity contribution in [1.82, 2.24) is 19.9 Å². The Hall–Kier alpha value is -2.25. The van der Waals surface area contributed by atoms with Gasteiger partial charge in [-0.25, -0.2) is 15.0 Å². The summed E-state index contributed by atoms with van der Waals surface area (Å²) in [5, 5.41) is 0. The van der Waals surface area contributed by atoms with Crippen molar-refractivity contribution in [2.24, 2.45) is 0 Å². The third-order valence-corrected chi connectivity index (χ3v) is 4.68. The van der Waals surface area contributed by atoms with Crippen LogP contribution in [0.4, 0.5) is 0 Å². The number of nitrogens with zero attached hydrogens (tertiary/aromatic N) is 4. The van der Waals surface area contributed by atoms with E-state index in [-0.39, 0.29) is 0 Å². The van der Waals surface area contributed by atoms with Crippen LogP contribution in [0.5, 0.6) is 5.88 Å².